The van der Waals surface area contributed by atoms with Crippen molar-refractivity contribution >= 4 is 19.9 Å². The van der Waals surface area contributed by atoms with Crippen LogP contribution in [0.5, 0.6) is 5.75 Å². The molecule has 1 aromatic rings. The van der Waals surface area contributed by atoms with Crippen molar-refractivity contribution in [2.75, 3.05) is 31.3 Å². The van der Waals surface area contributed by atoms with E-state index in [9.17, 15) is 16.8 Å². The minimum atomic E-state index is -3.82. The molecule has 0 spiro atoms. The predicted octanol–water partition coefficient (Wildman–Crippen LogP) is 1.44. The van der Waals surface area contributed by atoms with Crippen LogP contribution in [0, 0.1) is 0 Å². The number of sulfone groups is 1. The molecule has 2 heterocycles. The van der Waals surface area contributed by atoms with E-state index >= 15 is 0 Å². The van der Waals surface area contributed by atoms with Crippen molar-refractivity contribution in [1.29, 1.82) is 0 Å². The first-order chi connectivity index (χ1) is 12.3. The van der Waals surface area contributed by atoms with Crippen LogP contribution in [0.4, 0.5) is 0 Å². The van der Waals surface area contributed by atoms with Crippen molar-refractivity contribution in [3.05, 3.63) is 24.3 Å². The maximum Gasteiger partial charge on any atom is 0.243 e. The van der Waals surface area contributed by atoms with E-state index < -0.39 is 25.9 Å². The molecule has 0 aromatic heterocycles. The van der Waals surface area contributed by atoms with Gasteiger partial charge >= 0.3 is 0 Å². The molecule has 9 heteroatoms. The Kier molecular flexibility index (Phi) is 5.91. The van der Waals surface area contributed by atoms with Crippen LogP contribution in [0.3, 0.4) is 0 Å². The first kappa shape index (κ1) is 19.6. The summed E-state index contributed by atoms with van der Waals surface area (Å²) >= 11 is 0. The highest BCUT2D eigenvalue weighted by molar-refractivity contribution is 7.92. The normalized spacial score (nSPS) is 25.6. The lowest BCUT2D eigenvalue weighted by Gasteiger charge is -2.29. The van der Waals surface area contributed by atoms with Gasteiger partial charge < -0.3 is 9.47 Å². The summed E-state index contributed by atoms with van der Waals surface area (Å²) in [6, 6.07) is 5.71. The van der Waals surface area contributed by atoms with Crippen LogP contribution in [-0.2, 0) is 24.6 Å². The fourth-order valence-electron chi connectivity index (χ4n) is 3.44. The molecule has 1 aromatic carbocycles. The summed E-state index contributed by atoms with van der Waals surface area (Å²) < 4.78 is 62.5. The molecule has 0 aliphatic carbocycles. The molecule has 7 nitrogen and oxygen atoms in total. The molecule has 0 N–H and O–H groups in total. The fourth-order valence-corrected chi connectivity index (χ4v) is 6.96. The van der Waals surface area contributed by atoms with Gasteiger partial charge in [0.25, 0.3) is 0 Å². The zero-order valence-electron chi connectivity index (χ0n) is 14.8. The van der Waals surface area contributed by atoms with E-state index in [1.54, 1.807) is 12.1 Å². The quantitative estimate of drug-likeness (QED) is 0.684. The van der Waals surface area contributed by atoms with Gasteiger partial charge in [-0.05, 0) is 50.5 Å². The molecular weight excluding hydrogens is 378 g/mol. The number of nitrogens with zero attached hydrogens (tertiary/aromatic N) is 1. The molecule has 0 unspecified atom stereocenters. The highest BCUT2D eigenvalue weighted by Crippen LogP contribution is 2.28. The Morgan fingerprint density at radius 1 is 1.23 bits per heavy atom. The Balaban J connectivity index is 1.88. The third kappa shape index (κ3) is 4.39. The third-order valence-corrected chi connectivity index (χ3v) is 8.45. The zero-order chi connectivity index (χ0) is 18.8. The predicted molar refractivity (Wildman–Crippen MR) is 97.5 cm³/mol. The molecule has 0 saturated carbocycles. The van der Waals surface area contributed by atoms with Crippen LogP contribution < -0.4 is 4.74 Å². The molecule has 26 heavy (non-hydrogen) atoms. The molecule has 3 rings (SSSR count). The molecule has 2 aliphatic heterocycles. The summed E-state index contributed by atoms with van der Waals surface area (Å²) in [7, 11) is -7.02. The first-order valence-electron chi connectivity index (χ1n) is 8.88. The Morgan fingerprint density at radius 2 is 1.96 bits per heavy atom. The maximum absolute atomic E-state index is 13.2. The van der Waals surface area contributed by atoms with Crippen LogP contribution in [-0.4, -0.2) is 64.6 Å². The molecule has 2 aliphatic rings. The van der Waals surface area contributed by atoms with Crippen LogP contribution in [0.25, 0.3) is 0 Å². The smallest absolute Gasteiger partial charge is 0.243 e. The van der Waals surface area contributed by atoms with E-state index in [0.29, 0.717) is 25.4 Å². The standard InChI is InChI=1S/C17H25NO6S2/c1-2-23-15-5-7-17(8-6-15)26(21,22)18(12-16-4-3-10-24-16)14-9-11-25(19,20)13-14/h5-8,14,16H,2-4,9-13H2,1H3/t14-,16+/m1/s1. The Hall–Kier alpha value is -1.16. The SMILES string of the molecule is CCOc1ccc(S(=O)(=O)N(C[C@@H]2CCCO2)[C@@H]2CCS(=O)(=O)C2)cc1. The van der Waals surface area contributed by atoms with Gasteiger partial charge in [-0.15, -0.1) is 0 Å². The van der Waals surface area contributed by atoms with Crippen LogP contribution in [0.1, 0.15) is 26.2 Å². The topological polar surface area (TPSA) is 90.0 Å². The number of benzene rings is 1. The number of ether oxygens (including phenoxy) is 2. The summed E-state index contributed by atoms with van der Waals surface area (Å²) in [4.78, 5) is 0.142. The zero-order valence-corrected chi connectivity index (χ0v) is 16.5. The monoisotopic (exact) mass is 403 g/mol. The molecule has 0 radical (unpaired) electrons. The number of rotatable bonds is 7. The van der Waals surface area contributed by atoms with E-state index in [4.69, 9.17) is 9.47 Å². The average Bonchev–Trinajstić information content (AvgIpc) is 3.22. The molecular formula is C17H25NO6S2. The second-order valence-corrected chi connectivity index (χ2v) is 10.8. The second-order valence-electron chi connectivity index (χ2n) is 6.67. The van der Waals surface area contributed by atoms with Gasteiger partial charge in [0, 0.05) is 19.2 Å². The van der Waals surface area contributed by atoms with Crippen molar-refractivity contribution in [2.45, 2.75) is 43.2 Å². The lowest BCUT2D eigenvalue weighted by Crippen LogP contribution is -2.45. The van der Waals surface area contributed by atoms with Crippen molar-refractivity contribution in [3.8, 4) is 5.75 Å². The Morgan fingerprint density at radius 3 is 2.50 bits per heavy atom. The highest BCUT2D eigenvalue weighted by atomic mass is 32.2. The van der Waals surface area contributed by atoms with Gasteiger partial charge in [0.05, 0.1) is 29.1 Å². The van der Waals surface area contributed by atoms with Gasteiger partial charge in [-0.2, -0.15) is 4.31 Å². The molecule has 146 valence electrons. The van der Waals surface area contributed by atoms with Crippen LogP contribution >= 0.6 is 0 Å². The lowest BCUT2D eigenvalue weighted by molar-refractivity contribution is 0.0877. The van der Waals surface area contributed by atoms with Crippen molar-refractivity contribution in [2.24, 2.45) is 0 Å². The van der Waals surface area contributed by atoms with Crippen molar-refractivity contribution in [3.63, 3.8) is 0 Å². The van der Waals surface area contributed by atoms with Crippen LogP contribution in [0.2, 0.25) is 0 Å². The summed E-state index contributed by atoms with van der Waals surface area (Å²) in [6.07, 6.45) is 1.82. The highest BCUT2D eigenvalue weighted by Gasteiger charge is 2.40. The van der Waals surface area contributed by atoms with Gasteiger partial charge in [0.1, 0.15) is 5.75 Å². The van der Waals surface area contributed by atoms with E-state index in [1.165, 1.54) is 16.4 Å². The van der Waals surface area contributed by atoms with E-state index in [-0.39, 0.29) is 29.0 Å². The second kappa shape index (κ2) is 7.84. The maximum atomic E-state index is 13.2. The third-order valence-electron chi connectivity index (χ3n) is 4.76. The molecule has 0 bridgehead atoms. The first-order valence-corrected chi connectivity index (χ1v) is 12.1. The van der Waals surface area contributed by atoms with Gasteiger partial charge in [-0.25, -0.2) is 16.8 Å². The van der Waals surface area contributed by atoms with Gasteiger partial charge in [0.2, 0.25) is 10.0 Å². The summed E-state index contributed by atoms with van der Waals surface area (Å²) in [5.74, 6) is 0.495. The molecule has 0 amide bonds. The summed E-state index contributed by atoms with van der Waals surface area (Å²) in [6.45, 7) is 3.16. The molecule has 2 atom stereocenters. The number of hydrogen-bond donors (Lipinski definition) is 0. The Bertz CT molecular complexity index is 813. The largest absolute Gasteiger partial charge is 0.494 e. The van der Waals surface area contributed by atoms with Crippen molar-refractivity contribution < 1.29 is 26.3 Å². The van der Waals surface area contributed by atoms with E-state index in [0.717, 1.165) is 12.8 Å². The summed E-state index contributed by atoms with van der Waals surface area (Å²) in [5, 5.41) is 0. The fraction of sp³-hybridized carbons (Fsp3) is 0.647. The van der Waals surface area contributed by atoms with Gasteiger partial charge in [-0.3, -0.25) is 0 Å². The number of hydrogen-bond acceptors (Lipinski definition) is 6. The van der Waals surface area contributed by atoms with Crippen molar-refractivity contribution in [1.82, 2.24) is 4.31 Å². The minimum Gasteiger partial charge on any atom is -0.494 e. The Labute approximate surface area is 155 Å². The van der Waals surface area contributed by atoms with Crippen LogP contribution in [0.15, 0.2) is 29.2 Å². The van der Waals surface area contributed by atoms with Gasteiger partial charge in [-0.1, -0.05) is 0 Å². The van der Waals surface area contributed by atoms with E-state index in [2.05, 4.69) is 0 Å². The average molecular weight is 404 g/mol. The summed E-state index contributed by atoms with van der Waals surface area (Å²) in [5.41, 5.74) is 0. The molecule has 2 saturated heterocycles. The molecule has 2 fully saturated rings. The lowest BCUT2D eigenvalue weighted by atomic mass is 10.2. The van der Waals surface area contributed by atoms with E-state index in [1.807, 2.05) is 6.92 Å². The number of sulfonamides is 1. The van der Waals surface area contributed by atoms with Gasteiger partial charge in [0.15, 0.2) is 9.84 Å². The minimum absolute atomic E-state index is 0.0263.